The number of carbonyl (C=O) groups excluding carboxylic acids is 1. The van der Waals surface area contributed by atoms with Crippen LogP contribution in [-0.2, 0) is 14.8 Å². The van der Waals surface area contributed by atoms with Crippen molar-refractivity contribution in [2.24, 2.45) is 5.10 Å². The second-order valence-corrected chi connectivity index (χ2v) is 12.1. The van der Waals surface area contributed by atoms with Crippen molar-refractivity contribution in [1.29, 1.82) is 0 Å². The Morgan fingerprint density at radius 2 is 1.81 bits per heavy atom. The van der Waals surface area contributed by atoms with Crippen molar-refractivity contribution < 1.29 is 22.9 Å². The Balaban J connectivity index is 1.66. The summed E-state index contributed by atoms with van der Waals surface area (Å²) >= 11 is 12.6. The lowest BCUT2D eigenvalue weighted by molar-refractivity contribution is -0.385. The van der Waals surface area contributed by atoms with Gasteiger partial charge in [-0.05, 0) is 63.2 Å². The number of aryl methyl sites for hydroxylation is 2. The van der Waals surface area contributed by atoms with Crippen molar-refractivity contribution in [3.63, 3.8) is 0 Å². The van der Waals surface area contributed by atoms with Crippen LogP contribution in [0.3, 0.4) is 0 Å². The lowest BCUT2D eigenvalue weighted by Crippen LogP contribution is -2.39. The van der Waals surface area contributed by atoms with E-state index in [1.165, 1.54) is 50.6 Å². The van der Waals surface area contributed by atoms with Gasteiger partial charge in [-0.25, -0.2) is 13.8 Å². The highest BCUT2D eigenvalue weighted by Gasteiger charge is 2.31. The molecule has 1 heterocycles. The number of nitrogens with zero attached hydrogens (tertiary/aromatic N) is 4. The van der Waals surface area contributed by atoms with E-state index in [9.17, 15) is 23.3 Å². The van der Waals surface area contributed by atoms with E-state index in [2.05, 4.69) is 10.5 Å². The fraction of sp³-hybridized carbons (Fsp3) is 0.172. The van der Waals surface area contributed by atoms with Crippen LogP contribution in [0.25, 0.3) is 5.69 Å². The molecule has 0 unspecified atom stereocenters. The van der Waals surface area contributed by atoms with Crippen LogP contribution in [0.15, 0.2) is 76.7 Å². The number of benzene rings is 3. The van der Waals surface area contributed by atoms with Crippen LogP contribution in [0.5, 0.6) is 5.75 Å². The third-order valence-corrected chi connectivity index (χ3v) is 8.93. The number of hydrazone groups is 1. The smallest absolute Gasteiger partial charge is 0.273 e. The molecule has 0 fully saturated rings. The molecular formula is C29H27Cl2N5O6S. The monoisotopic (exact) mass is 643 g/mol. The lowest BCUT2D eigenvalue weighted by Gasteiger charge is -2.25. The van der Waals surface area contributed by atoms with Gasteiger partial charge in [0.25, 0.3) is 21.6 Å². The predicted octanol–water partition coefficient (Wildman–Crippen LogP) is 5.97. The van der Waals surface area contributed by atoms with E-state index >= 15 is 0 Å². The maximum absolute atomic E-state index is 13.8. The van der Waals surface area contributed by atoms with Gasteiger partial charge in [0, 0.05) is 33.6 Å². The van der Waals surface area contributed by atoms with Gasteiger partial charge >= 0.3 is 0 Å². The summed E-state index contributed by atoms with van der Waals surface area (Å²) in [5, 5.41) is 16.3. The molecule has 1 amide bonds. The summed E-state index contributed by atoms with van der Waals surface area (Å²) in [7, 11) is -3.20. The first-order valence-corrected chi connectivity index (χ1v) is 14.9. The molecule has 14 heteroatoms. The van der Waals surface area contributed by atoms with E-state index in [1.54, 1.807) is 6.07 Å². The Morgan fingerprint density at radius 3 is 2.49 bits per heavy atom. The van der Waals surface area contributed by atoms with E-state index in [1.807, 2.05) is 42.7 Å². The van der Waals surface area contributed by atoms with Crippen molar-refractivity contribution in [2.75, 3.05) is 18.0 Å². The summed E-state index contributed by atoms with van der Waals surface area (Å²) in [5.74, 6) is -0.679. The molecule has 0 saturated heterocycles. The van der Waals surface area contributed by atoms with Crippen LogP contribution in [0.2, 0.25) is 10.0 Å². The molecule has 1 aromatic heterocycles. The third kappa shape index (κ3) is 6.66. The zero-order valence-corrected chi connectivity index (χ0v) is 25.9. The molecule has 11 nitrogen and oxygen atoms in total. The molecule has 0 aliphatic carbocycles. The largest absolute Gasteiger partial charge is 0.495 e. The number of halogens is 2. The highest BCUT2D eigenvalue weighted by Crippen LogP contribution is 2.35. The van der Waals surface area contributed by atoms with Crippen LogP contribution in [0.4, 0.5) is 11.4 Å². The molecule has 4 rings (SSSR count). The molecule has 0 spiro atoms. The number of ether oxygens (including phenoxy) is 1. The fourth-order valence-corrected chi connectivity index (χ4v) is 6.32. The number of nitro groups is 1. The molecule has 1 N–H and O–H groups in total. The standard InChI is InChI=1S/C29H27Cl2N5O6S/c1-18-9-11-23(15-26(18)36(38)39)43(40,41)34(27-14-22(30)10-12-28(27)42-4)17-29(37)33-32-16-21-13-19(2)35(20(21)3)25-8-6-5-7-24(25)31/h5-16H,17H2,1-4H3,(H,33,37)/b32-16-. The van der Waals surface area contributed by atoms with Crippen molar-refractivity contribution in [3.8, 4) is 11.4 Å². The summed E-state index contributed by atoms with van der Waals surface area (Å²) < 4.78 is 35.8. The molecule has 0 radical (unpaired) electrons. The first-order valence-electron chi connectivity index (χ1n) is 12.7. The Bertz CT molecular complexity index is 1860. The molecule has 224 valence electrons. The number of sulfonamides is 1. The van der Waals surface area contributed by atoms with E-state index < -0.39 is 32.3 Å². The highest BCUT2D eigenvalue weighted by molar-refractivity contribution is 7.92. The van der Waals surface area contributed by atoms with Crippen LogP contribution >= 0.6 is 23.2 Å². The number of aromatic nitrogens is 1. The number of amides is 1. The number of methoxy groups -OCH3 is 1. The molecule has 43 heavy (non-hydrogen) atoms. The first-order chi connectivity index (χ1) is 20.3. The normalized spacial score (nSPS) is 11.5. The highest BCUT2D eigenvalue weighted by atomic mass is 35.5. The maximum atomic E-state index is 13.8. The van der Waals surface area contributed by atoms with Crippen molar-refractivity contribution in [1.82, 2.24) is 9.99 Å². The number of para-hydroxylation sites is 1. The second kappa shape index (κ2) is 12.9. The van der Waals surface area contributed by atoms with Gasteiger partial charge in [0.05, 0.1) is 39.5 Å². The summed E-state index contributed by atoms with van der Waals surface area (Å²) in [6, 6.07) is 17.0. The summed E-state index contributed by atoms with van der Waals surface area (Å²) in [6.07, 6.45) is 1.44. The SMILES string of the molecule is COc1ccc(Cl)cc1N(CC(=O)N/N=C\c1cc(C)n(-c2ccccc2Cl)c1C)S(=O)(=O)c1ccc(C)c([N+](=O)[O-])c1. The minimum atomic E-state index is -4.53. The molecule has 0 bridgehead atoms. The number of rotatable bonds is 10. The van der Waals surface area contributed by atoms with Crippen LogP contribution in [0.1, 0.15) is 22.5 Å². The topological polar surface area (TPSA) is 136 Å². The maximum Gasteiger partial charge on any atom is 0.273 e. The molecule has 4 aromatic rings. The minimum absolute atomic E-state index is 0.0411. The minimum Gasteiger partial charge on any atom is -0.495 e. The quantitative estimate of drug-likeness (QED) is 0.128. The van der Waals surface area contributed by atoms with E-state index in [0.29, 0.717) is 10.6 Å². The summed E-state index contributed by atoms with van der Waals surface area (Å²) in [4.78, 5) is 23.5. The zero-order chi connectivity index (χ0) is 31.5. The molecule has 0 atom stereocenters. The van der Waals surface area contributed by atoms with Crippen LogP contribution in [-0.4, -0.2) is 43.7 Å². The average molecular weight is 645 g/mol. The molecule has 0 aliphatic heterocycles. The van der Waals surface area contributed by atoms with Gasteiger partial charge in [0.1, 0.15) is 12.3 Å². The van der Waals surface area contributed by atoms with E-state index in [0.717, 1.165) is 27.4 Å². The fourth-order valence-electron chi connectivity index (χ4n) is 4.49. The van der Waals surface area contributed by atoms with Gasteiger partial charge in [0.15, 0.2) is 0 Å². The number of nitro benzene ring substituents is 1. The van der Waals surface area contributed by atoms with Gasteiger partial charge in [-0.1, -0.05) is 41.4 Å². The molecular weight excluding hydrogens is 617 g/mol. The van der Waals surface area contributed by atoms with Crippen LogP contribution < -0.4 is 14.5 Å². The lowest BCUT2D eigenvalue weighted by atomic mass is 10.2. The number of hydrogen-bond donors (Lipinski definition) is 1. The third-order valence-electron chi connectivity index (χ3n) is 6.62. The Kier molecular flexibility index (Phi) is 9.43. The van der Waals surface area contributed by atoms with Crippen molar-refractivity contribution in [3.05, 3.63) is 109 Å². The number of hydrogen-bond acceptors (Lipinski definition) is 7. The number of anilines is 1. The van der Waals surface area contributed by atoms with Crippen molar-refractivity contribution in [2.45, 2.75) is 25.7 Å². The van der Waals surface area contributed by atoms with Gasteiger partial charge in [-0.3, -0.25) is 19.2 Å². The van der Waals surface area contributed by atoms with Gasteiger partial charge < -0.3 is 9.30 Å². The van der Waals surface area contributed by atoms with Crippen LogP contribution in [0, 0.1) is 30.9 Å². The van der Waals surface area contributed by atoms with E-state index in [4.69, 9.17) is 27.9 Å². The Hall–Kier alpha value is -4.39. The van der Waals surface area contributed by atoms with Gasteiger partial charge in [0.2, 0.25) is 0 Å². The van der Waals surface area contributed by atoms with Gasteiger partial charge in [-0.15, -0.1) is 0 Å². The van der Waals surface area contributed by atoms with E-state index in [-0.39, 0.29) is 27.7 Å². The summed E-state index contributed by atoms with van der Waals surface area (Å²) in [5.41, 5.74) is 5.40. The van der Waals surface area contributed by atoms with Crippen molar-refractivity contribution >= 4 is 56.7 Å². The molecule has 0 aliphatic rings. The first kappa shape index (κ1) is 31.5. The predicted molar refractivity (Wildman–Crippen MR) is 166 cm³/mol. The van der Waals surface area contributed by atoms with Gasteiger partial charge in [-0.2, -0.15) is 5.10 Å². The second-order valence-electron chi connectivity index (χ2n) is 9.44. The summed E-state index contributed by atoms with van der Waals surface area (Å²) in [6.45, 7) is 4.53. The number of carbonyl (C=O) groups is 1. The number of nitrogens with one attached hydrogen (secondary N) is 1. The average Bonchev–Trinajstić information content (AvgIpc) is 3.24. The molecule has 0 saturated carbocycles. The zero-order valence-electron chi connectivity index (χ0n) is 23.5. The Labute approximate surface area is 258 Å². The Morgan fingerprint density at radius 1 is 1.09 bits per heavy atom. The molecule has 3 aromatic carbocycles.